The Morgan fingerprint density at radius 3 is 2.76 bits per heavy atom. The van der Waals surface area contributed by atoms with Crippen LogP contribution in [0.2, 0.25) is 0 Å². The van der Waals surface area contributed by atoms with Crippen LogP contribution >= 0.6 is 11.8 Å². The Labute approximate surface area is 128 Å². The summed E-state index contributed by atoms with van der Waals surface area (Å²) in [6.07, 6.45) is 0. The van der Waals surface area contributed by atoms with Gasteiger partial charge in [0.05, 0.1) is 7.11 Å². The SMILES string of the molecule is COc1ccc2c(c1)C1(SC(C)(C)CN1C(C)=O)C(=O)N2. The van der Waals surface area contributed by atoms with Gasteiger partial charge in [0.2, 0.25) is 5.91 Å². The van der Waals surface area contributed by atoms with Gasteiger partial charge in [-0.15, -0.1) is 11.8 Å². The number of anilines is 1. The van der Waals surface area contributed by atoms with Crippen LogP contribution in [0.15, 0.2) is 18.2 Å². The lowest BCUT2D eigenvalue weighted by atomic mass is 10.0. The van der Waals surface area contributed by atoms with Crippen LogP contribution < -0.4 is 10.1 Å². The lowest BCUT2D eigenvalue weighted by Gasteiger charge is -2.31. The summed E-state index contributed by atoms with van der Waals surface area (Å²) in [5.74, 6) is 0.425. The number of nitrogens with zero attached hydrogens (tertiary/aromatic N) is 1. The van der Waals surface area contributed by atoms with Crippen LogP contribution in [0.1, 0.15) is 26.3 Å². The lowest BCUT2D eigenvalue weighted by molar-refractivity contribution is -0.137. The fourth-order valence-electron chi connectivity index (χ4n) is 3.05. The van der Waals surface area contributed by atoms with Crippen molar-refractivity contribution in [1.29, 1.82) is 0 Å². The topological polar surface area (TPSA) is 58.6 Å². The highest BCUT2D eigenvalue weighted by Crippen LogP contribution is 2.58. The maximum absolute atomic E-state index is 12.7. The van der Waals surface area contributed by atoms with Crippen molar-refractivity contribution in [2.45, 2.75) is 30.4 Å². The number of methoxy groups -OCH3 is 1. The molecule has 0 saturated carbocycles. The molecule has 1 aromatic carbocycles. The molecule has 112 valence electrons. The van der Waals surface area contributed by atoms with Crippen molar-refractivity contribution >= 4 is 29.3 Å². The molecule has 0 aliphatic carbocycles. The van der Waals surface area contributed by atoms with Crippen LogP contribution in [-0.2, 0) is 14.5 Å². The van der Waals surface area contributed by atoms with Crippen LogP contribution in [0.25, 0.3) is 0 Å². The second kappa shape index (κ2) is 4.40. The van der Waals surface area contributed by atoms with E-state index in [9.17, 15) is 9.59 Å². The highest BCUT2D eigenvalue weighted by atomic mass is 32.2. The molecule has 2 aliphatic heterocycles. The quantitative estimate of drug-likeness (QED) is 0.864. The molecule has 0 bridgehead atoms. The van der Waals surface area contributed by atoms with Gasteiger partial charge in [0.25, 0.3) is 5.91 Å². The zero-order valence-corrected chi connectivity index (χ0v) is 13.3. The Kier molecular flexibility index (Phi) is 2.99. The van der Waals surface area contributed by atoms with Crippen LogP contribution in [0.3, 0.4) is 0 Å². The molecule has 0 radical (unpaired) electrons. The Balaban J connectivity index is 2.21. The van der Waals surface area contributed by atoms with Gasteiger partial charge < -0.3 is 15.0 Å². The van der Waals surface area contributed by atoms with Crippen molar-refractivity contribution < 1.29 is 14.3 Å². The summed E-state index contributed by atoms with van der Waals surface area (Å²) >= 11 is 1.52. The molecule has 3 rings (SSSR count). The number of nitrogens with one attached hydrogen (secondary N) is 1. The van der Waals surface area contributed by atoms with Crippen LogP contribution in [0.5, 0.6) is 5.75 Å². The van der Waals surface area contributed by atoms with Gasteiger partial charge in [-0.1, -0.05) is 0 Å². The van der Waals surface area contributed by atoms with E-state index in [1.807, 2.05) is 26.0 Å². The molecule has 2 aliphatic rings. The van der Waals surface area contributed by atoms with Gasteiger partial charge in [-0.25, -0.2) is 0 Å². The molecule has 1 spiro atoms. The number of amides is 2. The van der Waals surface area contributed by atoms with E-state index < -0.39 is 4.87 Å². The first-order valence-corrected chi connectivity index (χ1v) is 7.60. The third-order valence-electron chi connectivity index (χ3n) is 3.87. The van der Waals surface area contributed by atoms with E-state index >= 15 is 0 Å². The Morgan fingerprint density at radius 1 is 1.43 bits per heavy atom. The summed E-state index contributed by atoms with van der Waals surface area (Å²) in [5.41, 5.74) is 1.55. The Hall–Kier alpha value is -1.69. The highest BCUT2D eigenvalue weighted by Gasteiger charge is 2.61. The Bertz CT molecular complexity index is 644. The molecule has 1 N–H and O–H groups in total. The number of benzene rings is 1. The van der Waals surface area contributed by atoms with Crippen LogP contribution in [-0.4, -0.2) is 35.1 Å². The molecule has 1 unspecified atom stereocenters. The van der Waals surface area contributed by atoms with Gasteiger partial charge in [0.15, 0.2) is 4.87 Å². The third kappa shape index (κ3) is 1.92. The van der Waals surface area contributed by atoms with Crippen molar-refractivity contribution in [2.75, 3.05) is 19.0 Å². The summed E-state index contributed by atoms with van der Waals surface area (Å²) in [5, 5.41) is 2.89. The summed E-state index contributed by atoms with van der Waals surface area (Å²) in [4.78, 5) is 25.5. The lowest BCUT2D eigenvalue weighted by Crippen LogP contribution is -2.47. The highest BCUT2D eigenvalue weighted by molar-refractivity contribution is 8.02. The van der Waals surface area contributed by atoms with Crippen molar-refractivity contribution in [3.8, 4) is 5.75 Å². The van der Waals surface area contributed by atoms with E-state index in [0.29, 0.717) is 12.3 Å². The van der Waals surface area contributed by atoms with E-state index in [1.165, 1.54) is 18.7 Å². The number of fused-ring (bicyclic) bond motifs is 2. The zero-order valence-electron chi connectivity index (χ0n) is 12.5. The van der Waals surface area contributed by atoms with Crippen molar-refractivity contribution in [2.24, 2.45) is 0 Å². The van der Waals surface area contributed by atoms with Crippen molar-refractivity contribution in [3.63, 3.8) is 0 Å². The van der Waals surface area contributed by atoms with Crippen molar-refractivity contribution in [1.82, 2.24) is 4.90 Å². The van der Waals surface area contributed by atoms with Gasteiger partial charge in [0, 0.05) is 29.5 Å². The average molecular weight is 306 g/mol. The molecule has 1 saturated heterocycles. The zero-order chi connectivity index (χ0) is 15.4. The maximum atomic E-state index is 12.7. The monoisotopic (exact) mass is 306 g/mol. The Morgan fingerprint density at radius 2 is 2.14 bits per heavy atom. The molecule has 2 heterocycles. The predicted octanol–water partition coefficient (Wildman–Crippen LogP) is 2.17. The van der Waals surface area contributed by atoms with E-state index in [0.717, 1.165) is 11.3 Å². The number of hydrogen-bond acceptors (Lipinski definition) is 4. The molecule has 1 fully saturated rings. The first-order chi connectivity index (χ1) is 9.80. The molecule has 21 heavy (non-hydrogen) atoms. The third-order valence-corrected chi connectivity index (χ3v) is 5.47. The minimum Gasteiger partial charge on any atom is -0.497 e. The molecule has 0 aromatic heterocycles. The second-order valence-electron chi connectivity index (χ2n) is 5.98. The van der Waals surface area contributed by atoms with Gasteiger partial charge in [0.1, 0.15) is 5.75 Å². The minimum atomic E-state index is -0.987. The van der Waals surface area contributed by atoms with Crippen LogP contribution in [0.4, 0.5) is 5.69 Å². The number of ether oxygens (including phenoxy) is 1. The fraction of sp³-hybridized carbons (Fsp3) is 0.467. The van der Waals surface area contributed by atoms with Gasteiger partial charge in [-0.05, 0) is 32.0 Å². The summed E-state index contributed by atoms with van der Waals surface area (Å²) in [6.45, 7) is 6.15. The normalized spacial score (nSPS) is 25.9. The van der Waals surface area contributed by atoms with Crippen molar-refractivity contribution in [3.05, 3.63) is 23.8 Å². The molecule has 6 heteroatoms. The molecular weight excluding hydrogens is 288 g/mol. The van der Waals surface area contributed by atoms with Gasteiger partial charge >= 0.3 is 0 Å². The number of carbonyl (C=O) groups is 2. The fourth-order valence-corrected chi connectivity index (χ4v) is 4.77. The number of rotatable bonds is 1. The average Bonchev–Trinajstić information content (AvgIpc) is 2.85. The standard InChI is InChI=1S/C15H18N2O3S/c1-9(18)17-8-14(2,3)21-15(17)11-7-10(20-4)5-6-12(11)16-13(15)19/h5-7H,8H2,1-4H3,(H,16,19). The minimum absolute atomic E-state index is 0.0982. The van der Waals surface area contributed by atoms with Gasteiger partial charge in [-0.2, -0.15) is 0 Å². The first kappa shape index (κ1) is 14.3. The maximum Gasteiger partial charge on any atom is 0.265 e. The summed E-state index contributed by atoms with van der Waals surface area (Å²) in [7, 11) is 1.59. The summed E-state index contributed by atoms with van der Waals surface area (Å²) in [6, 6.07) is 5.48. The van der Waals surface area contributed by atoms with E-state index in [4.69, 9.17) is 4.74 Å². The largest absolute Gasteiger partial charge is 0.497 e. The second-order valence-corrected chi connectivity index (χ2v) is 7.88. The first-order valence-electron chi connectivity index (χ1n) is 6.78. The van der Waals surface area contributed by atoms with Crippen LogP contribution in [0, 0.1) is 0 Å². The molecular formula is C15H18N2O3S. The van der Waals surface area contributed by atoms with E-state index in [2.05, 4.69) is 5.32 Å². The van der Waals surface area contributed by atoms with E-state index in [1.54, 1.807) is 18.1 Å². The molecule has 1 atom stereocenters. The van der Waals surface area contributed by atoms with E-state index in [-0.39, 0.29) is 16.6 Å². The number of hydrogen-bond donors (Lipinski definition) is 1. The van der Waals surface area contributed by atoms with Gasteiger partial charge in [-0.3, -0.25) is 9.59 Å². The molecule has 2 amide bonds. The predicted molar refractivity (Wildman–Crippen MR) is 82.4 cm³/mol. The molecule has 5 nitrogen and oxygen atoms in total. The number of carbonyl (C=O) groups excluding carboxylic acids is 2. The number of thioether (sulfide) groups is 1. The molecule has 1 aromatic rings. The smallest absolute Gasteiger partial charge is 0.265 e. The summed E-state index contributed by atoms with van der Waals surface area (Å²) < 4.78 is 5.09.